The SMILES string of the molecule is O=C(Cn1cc(C(=O)O)nn1)Nc1c(F)cc(F)cc1Cl. The first kappa shape index (κ1) is 14.9. The maximum absolute atomic E-state index is 13.5. The Morgan fingerprint density at radius 2 is 2.10 bits per heavy atom. The van der Waals surface area contributed by atoms with Gasteiger partial charge in [-0.1, -0.05) is 16.8 Å². The van der Waals surface area contributed by atoms with Gasteiger partial charge in [-0.2, -0.15) is 0 Å². The number of halogens is 3. The predicted octanol–water partition coefficient (Wildman–Crippen LogP) is 1.55. The summed E-state index contributed by atoms with van der Waals surface area (Å²) in [5.41, 5.74) is -0.713. The number of rotatable bonds is 4. The third-order valence-electron chi connectivity index (χ3n) is 2.33. The Morgan fingerprint density at radius 1 is 1.38 bits per heavy atom. The normalized spacial score (nSPS) is 10.4. The average molecular weight is 317 g/mol. The van der Waals surface area contributed by atoms with E-state index in [1.165, 1.54) is 0 Å². The Kier molecular flexibility index (Phi) is 4.13. The molecule has 21 heavy (non-hydrogen) atoms. The maximum atomic E-state index is 13.5. The number of hydrogen-bond acceptors (Lipinski definition) is 4. The van der Waals surface area contributed by atoms with Crippen molar-refractivity contribution in [1.29, 1.82) is 0 Å². The van der Waals surface area contributed by atoms with E-state index < -0.39 is 30.1 Å². The smallest absolute Gasteiger partial charge is 0.358 e. The van der Waals surface area contributed by atoms with Crippen LogP contribution in [0.1, 0.15) is 10.5 Å². The zero-order valence-electron chi connectivity index (χ0n) is 10.2. The summed E-state index contributed by atoms with van der Waals surface area (Å²) in [5.74, 6) is -3.94. The standard InChI is InChI=1S/C11H7ClF2N4O3/c12-6-1-5(13)2-7(14)10(6)15-9(19)4-18-3-8(11(20)21)16-17-18/h1-3H,4H2,(H,15,19)(H,20,21). The van der Waals surface area contributed by atoms with Crippen LogP contribution < -0.4 is 5.32 Å². The van der Waals surface area contributed by atoms with Gasteiger partial charge < -0.3 is 10.4 Å². The number of aromatic nitrogens is 3. The number of amides is 1. The number of carbonyl (C=O) groups excluding carboxylic acids is 1. The van der Waals surface area contributed by atoms with Gasteiger partial charge in [0.1, 0.15) is 12.4 Å². The second-order valence-corrected chi connectivity index (χ2v) is 4.31. The molecule has 0 aliphatic carbocycles. The maximum Gasteiger partial charge on any atom is 0.358 e. The van der Waals surface area contributed by atoms with Crippen LogP contribution in [0.2, 0.25) is 5.02 Å². The number of carboxylic acid groups (broad SMARTS) is 1. The molecule has 0 atom stereocenters. The minimum absolute atomic E-state index is 0.300. The van der Waals surface area contributed by atoms with E-state index in [4.69, 9.17) is 16.7 Å². The molecular formula is C11H7ClF2N4O3. The molecule has 0 fully saturated rings. The topological polar surface area (TPSA) is 97.1 Å². The van der Waals surface area contributed by atoms with Crippen molar-refractivity contribution in [1.82, 2.24) is 15.0 Å². The van der Waals surface area contributed by atoms with Crippen LogP contribution in [-0.2, 0) is 11.3 Å². The molecule has 0 bridgehead atoms. The minimum atomic E-state index is -1.30. The molecule has 1 aromatic carbocycles. The van der Waals surface area contributed by atoms with E-state index in [1.807, 2.05) is 0 Å². The Hall–Kier alpha value is -2.55. The third-order valence-corrected chi connectivity index (χ3v) is 2.63. The summed E-state index contributed by atoms with van der Waals surface area (Å²) in [7, 11) is 0. The molecule has 0 spiro atoms. The minimum Gasteiger partial charge on any atom is -0.476 e. The van der Waals surface area contributed by atoms with E-state index in [1.54, 1.807) is 0 Å². The summed E-state index contributed by atoms with van der Waals surface area (Å²) in [6.45, 7) is -0.409. The van der Waals surface area contributed by atoms with Gasteiger partial charge in [-0.25, -0.2) is 18.3 Å². The molecule has 1 amide bonds. The van der Waals surface area contributed by atoms with Gasteiger partial charge in [0.2, 0.25) is 5.91 Å². The van der Waals surface area contributed by atoms with E-state index in [-0.39, 0.29) is 16.4 Å². The summed E-state index contributed by atoms with van der Waals surface area (Å²) in [4.78, 5) is 22.3. The van der Waals surface area contributed by atoms with Crippen LogP contribution in [0.5, 0.6) is 0 Å². The molecule has 2 N–H and O–H groups in total. The Labute approximate surface area is 121 Å². The number of carbonyl (C=O) groups is 2. The highest BCUT2D eigenvalue weighted by Crippen LogP contribution is 2.26. The molecular weight excluding hydrogens is 310 g/mol. The van der Waals surface area contributed by atoms with Crippen LogP contribution >= 0.6 is 11.6 Å². The van der Waals surface area contributed by atoms with Crippen molar-refractivity contribution >= 4 is 29.2 Å². The average Bonchev–Trinajstić information content (AvgIpc) is 2.82. The summed E-state index contributed by atoms with van der Waals surface area (Å²) < 4.78 is 27.3. The highest BCUT2D eigenvalue weighted by atomic mass is 35.5. The molecule has 1 heterocycles. The fourth-order valence-corrected chi connectivity index (χ4v) is 1.70. The Bertz CT molecular complexity index is 696. The van der Waals surface area contributed by atoms with Crippen molar-refractivity contribution in [3.05, 3.63) is 40.7 Å². The van der Waals surface area contributed by atoms with Gasteiger partial charge in [0.25, 0.3) is 0 Å². The van der Waals surface area contributed by atoms with Crippen molar-refractivity contribution in [2.24, 2.45) is 0 Å². The molecule has 110 valence electrons. The first-order valence-electron chi connectivity index (χ1n) is 5.44. The van der Waals surface area contributed by atoms with Crippen molar-refractivity contribution in [3.8, 4) is 0 Å². The molecule has 2 rings (SSSR count). The van der Waals surface area contributed by atoms with Crippen LogP contribution in [0.4, 0.5) is 14.5 Å². The molecule has 0 radical (unpaired) electrons. The van der Waals surface area contributed by atoms with Crippen molar-refractivity contribution < 1.29 is 23.5 Å². The van der Waals surface area contributed by atoms with Gasteiger partial charge in [-0.3, -0.25) is 4.79 Å². The van der Waals surface area contributed by atoms with Crippen LogP contribution in [0.15, 0.2) is 18.3 Å². The number of hydrogen-bond donors (Lipinski definition) is 2. The van der Waals surface area contributed by atoms with E-state index in [2.05, 4.69) is 15.6 Å². The molecule has 0 aliphatic rings. The van der Waals surface area contributed by atoms with Crippen molar-refractivity contribution in [2.75, 3.05) is 5.32 Å². The zero-order chi connectivity index (χ0) is 15.6. The number of aromatic carboxylic acids is 1. The predicted molar refractivity (Wildman–Crippen MR) is 67.0 cm³/mol. The van der Waals surface area contributed by atoms with Gasteiger partial charge in [0, 0.05) is 6.07 Å². The summed E-state index contributed by atoms with van der Waals surface area (Å²) in [6.07, 6.45) is 1.03. The van der Waals surface area contributed by atoms with Gasteiger partial charge >= 0.3 is 5.97 Å². The molecule has 0 saturated heterocycles. The summed E-state index contributed by atoms with van der Waals surface area (Å²) >= 11 is 5.62. The van der Waals surface area contributed by atoms with E-state index in [9.17, 15) is 18.4 Å². The monoisotopic (exact) mass is 316 g/mol. The van der Waals surface area contributed by atoms with Gasteiger partial charge in [0.15, 0.2) is 11.5 Å². The number of carboxylic acids is 1. The second kappa shape index (κ2) is 5.83. The van der Waals surface area contributed by atoms with Crippen LogP contribution in [0.3, 0.4) is 0 Å². The van der Waals surface area contributed by atoms with Gasteiger partial charge in [0.05, 0.1) is 16.9 Å². The Morgan fingerprint density at radius 3 is 2.67 bits per heavy atom. The number of anilines is 1. The lowest BCUT2D eigenvalue weighted by atomic mass is 10.3. The molecule has 10 heteroatoms. The molecule has 0 saturated carbocycles. The number of benzene rings is 1. The van der Waals surface area contributed by atoms with Crippen molar-refractivity contribution in [3.63, 3.8) is 0 Å². The lowest BCUT2D eigenvalue weighted by Crippen LogP contribution is -2.20. The van der Waals surface area contributed by atoms with E-state index in [0.29, 0.717) is 6.07 Å². The van der Waals surface area contributed by atoms with Crippen LogP contribution in [0, 0.1) is 11.6 Å². The van der Waals surface area contributed by atoms with Gasteiger partial charge in [-0.15, -0.1) is 5.10 Å². The van der Waals surface area contributed by atoms with Crippen LogP contribution in [-0.4, -0.2) is 32.0 Å². The third kappa shape index (κ3) is 3.51. The fraction of sp³-hybridized carbons (Fsp3) is 0.0909. The first-order chi connectivity index (χ1) is 9.86. The molecule has 1 aromatic heterocycles. The lowest BCUT2D eigenvalue weighted by Gasteiger charge is -2.08. The summed E-state index contributed by atoms with van der Waals surface area (Å²) in [6, 6.07) is 1.41. The number of nitrogens with one attached hydrogen (secondary N) is 1. The molecule has 7 nitrogen and oxygen atoms in total. The molecule has 0 unspecified atom stereocenters. The number of nitrogens with zero attached hydrogens (tertiary/aromatic N) is 3. The molecule has 2 aromatic rings. The second-order valence-electron chi connectivity index (χ2n) is 3.90. The fourth-order valence-electron chi connectivity index (χ4n) is 1.46. The Balaban J connectivity index is 2.10. The quantitative estimate of drug-likeness (QED) is 0.892. The molecule has 0 aliphatic heterocycles. The van der Waals surface area contributed by atoms with Gasteiger partial charge in [-0.05, 0) is 6.07 Å². The van der Waals surface area contributed by atoms with E-state index in [0.717, 1.165) is 16.9 Å². The lowest BCUT2D eigenvalue weighted by molar-refractivity contribution is -0.117. The summed E-state index contributed by atoms with van der Waals surface area (Å²) in [5, 5.41) is 17.2. The largest absolute Gasteiger partial charge is 0.476 e. The highest BCUT2D eigenvalue weighted by Gasteiger charge is 2.15. The zero-order valence-corrected chi connectivity index (χ0v) is 10.9. The highest BCUT2D eigenvalue weighted by molar-refractivity contribution is 6.33. The van der Waals surface area contributed by atoms with Crippen molar-refractivity contribution in [2.45, 2.75) is 6.54 Å². The first-order valence-corrected chi connectivity index (χ1v) is 5.82. The van der Waals surface area contributed by atoms with E-state index >= 15 is 0 Å². The van der Waals surface area contributed by atoms with Crippen LogP contribution in [0.25, 0.3) is 0 Å².